The van der Waals surface area contributed by atoms with Crippen molar-refractivity contribution >= 4 is 32.4 Å². The molecule has 2 rings (SSSR count). The molecule has 0 bridgehead atoms. The third-order valence-corrected chi connectivity index (χ3v) is 4.13. The lowest BCUT2D eigenvalue weighted by atomic mass is 10.1. The summed E-state index contributed by atoms with van der Waals surface area (Å²) in [5.74, 6) is 0. The fraction of sp³-hybridized carbons (Fsp3) is 0.357. The third-order valence-electron chi connectivity index (χ3n) is 2.75. The van der Waals surface area contributed by atoms with Crippen molar-refractivity contribution in [3.63, 3.8) is 0 Å². The highest BCUT2D eigenvalue weighted by Crippen LogP contribution is 2.26. The molecule has 1 heterocycles. The maximum Gasteiger partial charge on any atom is 0.180 e. The fourth-order valence-electron chi connectivity index (χ4n) is 2.07. The summed E-state index contributed by atoms with van der Waals surface area (Å²) in [7, 11) is 0. The molecule has 18 heavy (non-hydrogen) atoms. The molecule has 0 saturated heterocycles. The summed E-state index contributed by atoms with van der Waals surface area (Å²) in [4.78, 5) is 5.72. The Balaban J connectivity index is 2.27. The predicted octanol–water partition coefficient (Wildman–Crippen LogP) is 4.34. The molecule has 2 N–H and O–H groups in total. The number of halogens is 1. The number of hydrogen-bond acceptors (Lipinski definition) is 3. The first-order chi connectivity index (χ1) is 8.58. The average molecular weight is 325 g/mol. The molecule has 0 aliphatic heterocycles. The number of nitrogens with zero attached hydrogens (tertiary/aromatic N) is 1. The van der Waals surface area contributed by atoms with Crippen molar-refractivity contribution in [3.8, 4) is 0 Å². The standard InChI is InChI=1S/C14H17BrN2S/c1-3-4-12-13(18-14(16)17-12)8-10-5-9(2)6-11(15)7-10/h5-7H,3-4,8H2,1-2H3,(H2,16,17). The summed E-state index contributed by atoms with van der Waals surface area (Å²) in [6, 6.07) is 6.51. The summed E-state index contributed by atoms with van der Waals surface area (Å²) in [5.41, 5.74) is 9.57. The van der Waals surface area contributed by atoms with Gasteiger partial charge in [-0.15, -0.1) is 11.3 Å². The lowest BCUT2D eigenvalue weighted by molar-refractivity contribution is 0.879. The van der Waals surface area contributed by atoms with E-state index in [0.717, 1.165) is 29.4 Å². The molecular weight excluding hydrogens is 308 g/mol. The Labute approximate surface area is 120 Å². The molecule has 0 fully saturated rings. The molecule has 1 aromatic carbocycles. The zero-order valence-corrected chi connectivity index (χ0v) is 13.1. The minimum atomic E-state index is 0.681. The number of benzene rings is 1. The van der Waals surface area contributed by atoms with Gasteiger partial charge in [0.1, 0.15) is 0 Å². The molecule has 2 aromatic rings. The number of nitrogen functional groups attached to an aromatic ring is 1. The maximum absolute atomic E-state index is 5.82. The minimum Gasteiger partial charge on any atom is -0.375 e. The normalized spacial score (nSPS) is 10.8. The number of rotatable bonds is 4. The first-order valence-electron chi connectivity index (χ1n) is 6.08. The number of anilines is 1. The summed E-state index contributed by atoms with van der Waals surface area (Å²) in [6.07, 6.45) is 3.04. The lowest BCUT2D eigenvalue weighted by Gasteiger charge is -2.04. The van der Waals surface area contributed by atoms with Crippen molar-refractivity contribution in [3.05, 3.63) is 44.4 Å². The molecule has 0 aliphatic rings. The van der Waals surface area contributed by atoms with Gasteiger partial charge in [0, 0.05) is 15.8 Å². The van der Waals surface area contributed by atoms with Gasteiger partial charge in [0.2, 0.25) is 0 Å². The molecule has 0 radical (unpaired) electrons. The quantitative estimate of drug-likeness (QED) is 0.908. The van der Waals surface area contributed by atoms with Crippen LogP contribution in [0.25, 0.3) is 0 Å². The largest absolute Gasteiger partial charge is 0.375 e. The van der Waals surface area contributed by atoms with E-state index in [1.807, 2.05) is 0 Å². The second kappa shape index (κ2) is 5.85. The molecule has 0 aliphatic carbocycles. The second-order valence-electron chi connectivity index (χ2n) is 4.49. The van der Waals surface area contributed by atoms with Crippen LogP contribution in [0.5, 0.6) is 0 Å². The van der Waals surface area contributed by atoms with Crippen LogP contribution in [0.4, 0.5) is 5.13 Å². The van der Waals surface area contributed by atoms with Crippen LogP contribution >= 0.6 is 27.3 Å². The Morgan fingerprint density at radius 2 is 2.11 bits per heavy atom. The molecule has 0 saturated carbocycles. The minimum absolute atomic E-state index is 0.681. The van der Waals surface area contributed by atoms with Gasteiger partial charge in [-0.2, -0.15) is 0 Å². The van der Waals surface area contributed by atoms with E-state index in [-0.39, 0.29) is 0 Å². The van der Waals surface area contributed by atoms with Gasteiger partial charge in [-0.1, -0.05) is 35.3 Å². The number of hydrogen-bond donors (Lipinski definition) is 1. The van der Waals surface area contributed by atoms with Crippen LogP contribution in [-0.4, -0.2) is 4.98 Å². The van der Waals surface area contributed by atoms with E-state index in [4.69, 9.17) is 5.73 Å². The Kier molecular flexibility index (Phi) is 4.40. The zero-order valence-electron chi connectivity index (χ0n) is 10.7. The van der Waals surface area contributed by atoms with E-state index in [1.54, 1.807) is 11.3 Å². The molecule has 0 atom stereocenters. The van der Waals surface area contributed by atoms with Gasteiger partial charge in [0.05, 0.1) is 5.69 Å². The van der Waals surface area contributed by atoms with E-state index in [2.05, 4.69) is 53.0 Å². The monoisotopic (exact) mass is 324 g/mol. The summed E-state index contributed by atoms with van der Waals surface area (Å²) in [6.45, 7) is 4.28. The van der Waals surface area contributed by atoms with Crippen molar-refractivity contribution in [2.24, 2.45) is 0 Å². The number of thiazole rings is 1. The fourth-order valence-corrected chi connectivity index (χ4v) is 3.64. The number of nitrogens with two attached hydrogens (primary N) is 1. The Hall–Kier alpha value is -0.870. The van der Waals surface area contributed by atoms with Crippen molar-refractivity contribution in [1.82, 2.24) is 4.98 Å². The number of aromatic nitrogens is 1. The van der Waals surface area contributed by atoms with Crippen LogP contribution in [0.2, 0.25) is 0 Å². The Bertz CT molecular complexity index is 528. The third kappa shape index (κ3) is 3.33. The molecule has 2 nitrogen and oxygen atoms in total. The summed E-state index contributed by atoms with van der Waals surface area (Å²) >= 11 is 5.16. The van der Waals surface area contributed by atoms with E-state index >= 15 is 0 Å². The smallest absolute Gasteiger partial charge is 0.180 e. The molecule has 0 unspecified atom stereocenters. The van der Waals surface area contributed by atoms with Crippen LogP contribution in [0, 0.1) is 6.92 Å². The van der Waals surface area contributed by atoms with Crippen LogP contribution in [0.15, 0.2) is 22.7 Å². The zero-order chi connectivity index (χ0) is 13.1. The van der Waals surface area contributed by atoms with E-state index < -0.39 is 0 Å². The Morgan fingerprint density at radius 3 is 2.78 bits per heavy atom. The molecule has 4 heteroatoms. The van der Waals surface area contributed by atoms with Crippen LogP contribution in [-0.2, 0) is 12.8 Å². The van der Waals surface area contributed by atoms with Gasteiger partial charge in [-0.3, -0.25) is 0 Å². The van der Waals surface area contributed by atoms with Gasteiger partial charge in [0.25, 0.3) is 0 Å². The molecule has 1 aromatic heterocycles. The van der Waals surface area contributed by atoms with Gasteiger partial charge < -0.3 is 5.73 Å². The molecule has 96 valence electrons. The molecular formula is C14H17BrN2S. The van der Waals surface area contributed by atoms with Crippen molar-refractivity contribution in [2.75, 3.05) is 5.73 Å². The topological polar surface area (TPSA) is 38.9 Å². The molecule has 0 spiro atoms. The summed E-state index contributed by atoms with van der Waals surface area (Å²) < 4.78 is 1.13. The molecule has 0 amide bonds. The number of aryl methyl sites for hydroxylation is 2. The predicted molar refractivity (Wildman–Crippen MR) is 82.2 cm³/mol. The van der Waals surface area contributed by atoms with Crippen LogP contribution < -0.4 is 5.73 Å². The average Bonchev–Trinajstić information content (AvgIpc) is 2.58. The van der Waals surface area contributed by atoms with E-state index in [9.17, 15) is 0 Å². The summed E-state index contributed by atoms with van der Waals surface area (Å²) in [5, 5.41) is 0.681. The SMILES string of the molecule is CCCc1nc(N)sc1Cc1cc(C)cc(Br)c1. The van der Waals surface area contributed by atoms with Crippen LogP contribution in [0.3, 0.4) is 0 Å². The first-order valence-corrected chi connectivity index (χ1v) is 7.69. The van der Waals surface area contributed by atoms with Crippen molar-refractivity contribution < 1.29 is 0 Å². The second-order valence-corrected chi connectivity index (χ2v) is 6.52. The van der Waals surface area contributed by atoms with Gasteiger partial charge in [0.15, 0.2) is 5.13 Å². The highest BCUT2D eigenvalue weighted by atomic mass is 79.9. The highest BCUT2D eigenvalue weighted by Gasteiger charge is 2.10. The van der Waals surface area contributed by atoms with Gasteiger partial charge in [-0.25, -0.2) is 4.98 Å². The van der Waals surface area contributed by atoms with Gasteiger partial charge in [-0.05, 0) is 36.6 Å². The highest BCUT2D eigenvalue weighted by molar-refractivity contribution is 9.10. The lowest BCUT2D eigenvalue weighted by Crippen LogP contribution is -1.93. The Morgan fingerprint density at radius 1 is 1.33 bits per heavy atom. The first kappa shape index (κ1) is 13.6. The maximum atomic E-state index is 5.82. The van der Waals surface area contributed by atoms with Gasteiger partial charge >= 0.3 is 0 Å². The van der Waals surface area contributed by atoms with E-state index in [0.29, 0.717) is 5.13 Å². The van der Waals surface area contributed by atoms with E-state index in [1.165, 1.54) is 16.0 Å². The van der Waals surface area contributed by atoms with Crippen molar-refractivity contribution in [1.29, 1.82) is 0 Å². The van der Waals surface area contributed by atoms with Crippen molar-refractivity contribution in [2.45, 2.75) is 33.1 Å². The van der Waals surface area contributed by atoms with Crippen LogP contribution in [0.1, 0.15) is 35.0 Å².